The Bertz CT molecular complexity index is 1160. The molecule has 0 saturated heterocycles. The third kappa shape index (κ3) is 3.60. The Balaban J connectivity index is 1.64. The second-order valence-corrected chi connectivity index (χ2v) is 8.00. The lowest BCUT2D eigenvalue weighted by molar-refractivity contribution is 0.489. The highest BCUT2D eigenvalue weighted by Gasteiger charge is 2.18. The van der Waals surface area contributed by atoms with Gasteiger partial charge in [-0.1, -0.05) is 37.7 Å². The van der Waals surface area contributed by atoms with Gasteiger partial charge in [0.1, 0.15) is 5.82 Å². The van der Waals surface area contributed by atoms with Gasteiger partial charge in [-0.25, -0.2) is 4.98 Å². The molecule has 3 aromatic heterocycles. The van der Waals surface area contributed by atoms with E-state index in [0.29, 0.717) is 34.5 Å². The molecule has 0 fully saturated rings. The van der Waals surface area contributed by atoms with Crippen molar-refractivity contribution in [3.8, 4) is 11.6 Å². The number of rotatable bonds is 6. The van der Waals surface area contributed by atoms with Gasteiger partial charge in [-0.15, -0.1) is 10.2 Å². The number of aryl methyl sites for hydroxylation is 1. The summed E-state index contributed by atoms with van der Waals surface area (Å²) in [6, 6.07) is 9.33. The van der Waals surface area contributed by atoms with Crippen LogP contribution in [-0.2, 0) is 12.3 Å². The van der Waals surface area contributed by atoms with Gasteiger partial charge in [-0.05, 0) is 36.6 Å². The van der Waals surface area contributed by atoms with E-state index in [2.05, 4.69) is 38.6 Å². The number of aromatic amines is 1. The molecule has 8 heteroatoms. The van der Waals surface area contributed by atoms with Crippen LogP contribution in [0, 0.1) is 12.8 Å². The molecule has 0 unspecified atom stereocenters. The molecule has 0 aliphatic heterocycles. The van der Waals surface area contributed by atoms with Crippen LogP contribution in [0.4, 0.5) is 0 Å². The zero-order chi connectivity index (χ0) is 19.7. The fourth-order valence-electron chi connectivity index (χ4n) is 3.07. The van der Waals surface area contributed by atoms with Crippen LogP contribution in [0.5, 0.6) is 0 Å². The van der Waals surface area contributed by atoms with Crippen LogP contribution < -0.4 is 5.56 Å². The Morgan fingerprint density at radius 2 is 2.07 bits per heavy atom. The number of para-hydroxylation sites is 1. The fraction of sp³-hybridized carbons (Fsp3) is 0.300. The molecule has 0 aliphatic carbocycles. The molecule has 1 N–H and O–H groups in total. The van der Waals surface area contributed by atoms with Crippen molar-refractivity contribution in [1.29, 1.82) is 0 Å². The molecule has 144 valence electrons. The first-order valence-electron chi connectivity index (χ1n) is 9.11. The van der Waals surface area contributed by atoms with E-state index in [0.717, 1.165) is 22.8 Å². The second-order valence-electron chi connectivity index (χ2n) is 7.06. The highest BCUT2D eigenvalue weighted by Crippen LogP contribution is 2.27. The van der Waals surface area contributed by atoms with E-state index >= 15 is 0 Å². The van der Waals surface area contributed by atoms with Gasteiger partial charge in [0.2, 0.25) is 0 Å². The van der Waals surface area contributed by atoms with Crippen molar-refractivity contribution in [2.24, 2.45) is 5.92 Å². The third-order valence-electron chi connectivity index (χ3n) is 4.33. The maximum absolute atomic E-state index is 12.4. The molecule has 0 spiro atoms. The molecule has 7 nitrogen and oxygen atoms in total. The van der Waals surface area contributed by atoms with Gasteiger partial charge in [0.25, 0.3) is 5.56 Å². The SMILES string of the molecule is Cc1cccc2c(=O)[nH]c(CSc3nnc(-c4ccco4)n3CC(C)C)nc12. The van der Waals surface area contributed by atoms with Crippen LogP contribution in [0.2, 0.25) is 0 Å². The molecule has 0 saturated carbocycles. The number of thioether (sulfide) groups is 1. The highest BCUT2D eigenvalue weighted by molar-refractivity contribution is 7.98. The molecule has 3 heterocycles. The minimum atomic E-state index is -0.121. The Hall–Kier alpha value is -2.87. The van der Waals surface area contributed by atoms with Crippen LogP contribution in [0.3, 0.4) is 0 Å². The monoisotopic (exact) mass is 395 g/mol. The molecule has 0 atom stereocenters. The largest absolute Gasteiger partial charge is 0.461 e. The first-order chi connectivity index (χ1) is 13.5. The smallest absolute Gasteiger partial charge is 0.258 e. The highest BCUT2D eigenvalue weighted by atomic mass is 32.2. The van der Waals surface area contributed by atoms with Crippen LogP contribution in [0.15, 0.2) is 51.0 Å². The zero-order valence-corrected chi connectivity index (χ0v) is 16.8. The Morgan fingerprint density at radius 1 is 1.21 bits per heavy atom. The summed E-state index contributed by atoms with van der Waals surface area (Å²) in [4.78, 5) is 19.9. The Labute approximate surface area is 166 Å². The number of benzene rings is 1. The number of furan rings is 1. The van der Waals surface area contributed by atoms with Gasteiger partial charge in [0.15, 0.2) is 16.7 Å². The summed E-state index contributed by atoms with van der Waals surface area (Å²) in [5.74, 6) is 2.93. The number of hydrogen-bond donors (Lipinski definition) is 1. The quantitative estimate of drug-likeness (QED) is 0.496. The average Bonchev–Trinajstić information content (AvgIpc) is 3.30. The lowest BCUT2D eigenvalue weighted by Gasteiger charge is -2.11. The van der Waals surface area contributed by atoms with Gasteiger partial charge in [-0.3, -0.25) is 9.36 Å². The molecule has 0 bridgehead atoms. The number of aromatic nitrogens is 5. The van der Waals surface area contributed by atoms with E-state index in [1.54, 1.807) is 12.3 Å². The minimum Gasteiger partial charge on any atom is -0.461 e. The number of H-pyrrole nitrogens is 1. The van der Waals surface area contributed by atoms with Crippen LogP contribution in [0.1, 0.15) is 25.2 Å². The van der Waals surface area contributed by atoms with Crippen LogP contribution in [-0.4, -0.2) is 24.7 Å². The third-order valence-corrected chi connectivity index (χ3v) is 5.31. The summed E-state index contributed by atoms with van der Waals surface area (Å²) >= 11 is 1.50. The average molecular weight is 395 g/mol. The van der Waals surface area contributed by atoms with Crippen LogP contribution >= 0.6 is 11.8 Å². The molecule has 28 heavy (non-hydrogen) atoms. The normalized spacial score (nSPS) is 11.6. The zero-order valence-electron chi connectivity index (χ0n) is 16.0. The number of fused-ring (bicyclic) bond motifs is 1. The molecular weight excluding hydrogens is 374 g/mol. The van der Waals surface area contributed by atoms with E-state index in [-0.39, 0.29) is 5.56 Å². The van der Waals surface area contributed by atoms with Crippen molar-refractivity contribution in [3.05, 3.63) is 58.3 Å². The molecule has 0 radical (unpaired) electrons. The lowest BCUT2D eigenvalue weighted by Crippen LogP contribution is -2.12. The van der Waals surface area contributed by atoms with E-state index < -0.39 is 0 Å². The van der Waals surface area contributed by atoms with Gasteiger partial charge in [-0.2, -0.15) is 0 Å². The van der Waals surface area contributed by atoms with Crippen molar-refractivity contribution in [1.82, 2.24) is 24.7 Å². The summed E-state index contributed by atoms with van der Waals surface area (Å²) < 4.78 is 7.56. The Kier molecular flexibility index (Phi) is 5.04. The minimum absolute atomic E-state index is 0.121. The van der Waals surface area contributed by atoms with Crippen molar-refractivity contribution >= 4 is 22.7 Å². The van der Waals surface area contributed by atoms with E-state index in [4.69, 9.17) is 4.42 Å². The van der Waals surface area contributed by atoms with Crippen molar-refractivity contribution in [3.63, 3.8) is 0 Å². The molecule has 0 amide bonds. The topological polar surface area (TPSA) is 89.6 Å². The summed E-state index contributed by atoms with van der Waals surface area (Å²) in [6.45, 7) is 7.02. The lowest BCUT2D eigenvalue weighted by atomic mass is 10.1. The maximum Gasteiger partial charge on any atom is 0.258 e. The second kappa shape index (κ2) is 7.63. The van der Waals surface area contributed by atoms with Crippen molar-refractivity contribution < 1.29 is 4.42 Å². The number of hydrogen-bond acceptors (Lipinski definition) is 6. The molecule has 4 rings (SSSR count). The fourth-order valence-corrected chi connectivity index (χ4v) is 3.88. The summed E-state index contributed by atoms with van der Waals surface area (Å²) in [5.41, 5.74) is 1.60. The van der Waals surface area contributed by atoms with Gasteiger partial charge < -0.3 is 9.40 Å². The molecule has 4 aromatic rings. The number of nitrogens with zero attached hydrogens (tertiary/aromatic N) is 4. The van der Waals surface area contributed by atoms with E-state index in [1.165, 1.54) is 11.8 Å². The predicted octanol–water partition coefficient (Wildman–Crippen LogP) is 4.03. The summed E-state index contributed by atoms with van der Waals surface area (Å²) in [5, 5.41) is 10.0. The molecular formula is C20H21N5O2S. The van der Waals surface area contributed by atoms with E-state index in [9.17, 15) is 4.79 Å². The van der Waals surface area contributed by atoms with Crippen molar-refractivity contribution in [2.45, 2.75) is 38.2 Å². The number of nitrogens with one attached hydrogen (secondary N) is 1. The van der Waals surface area contributed by atoms with Crippen molar-refractivity contribution in [2.75, 3.05) is 0 Å². The van der Waals surface area contributed by atoms with Gasteiger partial charge >= 0.3 is 0 Å². The summed E-state index contributed by atoms with van der Waals surface area (Å²) in [6.07, 6.45) is 1.63. The van der Waals surface area contributed by atoms with Crippen LogP contribution in [0.25, 0.3) is 22.5 Å². The predicted molar refractivity (Wildman–Crippen MR) is 109 cm³/mol. The Morgan fingerprint density at radius 3 is 2.82 bits per heavy atom. The first kappa shape index (κ1) is 18.5. The first-order valence-corrected chi connectivity index (χ1v) is 10.1. The molecule has 0 aliphatic rings. The molecule has 1 aromatic carbocycles. The van der Waals surface area contributed by atoms with Gasteiger partial charge in [0.05, 0.1) is 22.9 Å². The standard InChI is InChI=1S/C20H21N5O2S/c1-12(2)10-25-18(15-8-5-9-27-15)23-24-20(25)28-11-16-21-17-13(3)6-4-7-14(17)19(26)22-16/h4-9,12H,10-11H2,1-3H3,(H,21,22,26). The summed E-state index contributed by atoms with van der Waals surface area (Å²) in [7, 11) is 0. The van der Waals surface area contributed by atoms with Gasteiger partial charge in [0, 0.05) is 6.54 Å². The van der Waals surface area contributed by atoms with E-state index in [1.807, 2.05) is 31.2 Å². The maximum atomic E-state index is 12.4.